The van der Waals surface area contributed by atoms with Gasteiger partial charge in [-0.2, -0.15) is 0 Å². The summed E-state index contributed by atoms with van der Waals surface area (Å²) >= 11 is 5.92. The average molecular weight is 290 g/mol. The van der Waals surface area contributed by atoms with Gasteiger partial charge in [0.1, 0.15) is 11.0 Å². The Morgan fingerprint density at radius 2 is 1.95 bits per heavy atom. The van der Waals surface area contributed by atoms with Crippen molar-refractivity contribution in [3.63, 3.8) is 0 Å². The van der Waals surface area contributed by atoms with Crippen molar-refractivity contribution in [1.29, 1.82) is 0 Å². The summed E-state index contributed by atoms with van der Waals surface area (Å²) in [6.45, 7) is 5.82. The molecule has 0 saturated carbocycles. The van der Waals surface area contributed by atoms with E-state index in [9.17, 15) is 4.79 Å². The van der Waals surface area contributed by atoms with Crippen LogP contribution in [0.15, 0.2) is 24.3 Å². The smallest absolute Gasteiger partial charge is 0.256 e. The number of pyridine rings is 2. The molecule has 0 saturated heterocycles. The Hall–Kier alpha value is -1.94. The first kappa shape index (κ1) is 14.5. The molecular weight excluding hydrogens is 274 g/mol. The zero-order valence-electron chi connectivity index (χ0n) is 11.7. The topological polar surface area (TPSA) is 54.9 Å². The third kappa shape index (κ3) is 3.54. The predicted octanol–water partition coefficient (Wildman–Crippen LogP) is 3.56. The summed E-state index contributed by atoms with van der Waals surface area (Å²) in [6.07, 6.45) is 0.725. The Balaban J connectivity index is 2.25. The summed E-state index contributed by atoms with van der Waals surface area (Å²) in [5.41, 5.74) is 3.19. The lowest BCUT2D eigenvalue weighted by Crippen LogP contribution is -2.14. The fourth-order valence-corrected chi connectivity index (χ4v) is 2.18. The Bertz CT molecular complexity index is 635. The molecule has 4 nitrogen and oxygen atoms in total. The molecule has 104 valence electrons. The van der Waals surface area contributed by atoms with Gasteiger partial charge in [-0.25, -0.2) is 9.97 Å². The number of hydrogen-bond donors (Lipinski definition) is 1. The minimum atomic E-state index is -0.235. The molecule has 2 aromatic heterocycles. The van der Waals surface area contributed by atoms with Crippen molar-refractivity contribution >= 4 is 23.3 Å². The van der Waals surface area contributed by atoms with Crippen LogP contribution < -0.4 is 5.32 Å². The number of nitrogens with zero attached hydrogens (tertiary/aromatic N) is 2. The van der Waals surface area contributed by atoms with Gasteiger partial charge in [0.25, 0.3) is 5.91 Å². The van der Waals surface area contributed by atoms with Crippen LogP contribution in [0, 0.1) is 13.8 Å². The van der Waals surface area contributed by atoms with Crippen LogP contribution in [-0.4, -0.2) is 15.9 Å². The van der Waals surface area contributed by atoms with Gasteiger partial charge in [-0.05, 0) is 50.1 Å². The molecule has 0 atom stereocenters. The molecule has 20 heavy (non-hydrogen) atoms. The molecule has 0 fully saturated rings. The van der Waals surface area contributed by atoms with Crippen molar-refractivity contribution in [2.45, 2.75) is 27.2 Å². The maximum absolute atomic E-state index is 12.2. The normalized spacial score (nSPS) is 10.4. The van der Waals surface area contributed by atoms with Crippen molar-refractivity contribution in [1.82, 2.24) is 9.97 Å². The summed E-state index contributed by atoms with van der Waals surface area (Å²) in [4.78, 5) is 20.6. The first-order chi connectivity index (χ1) is 9.47. The fraction of sp³-hybridized carbons (Fsp3) is 0.267. The molecule has 2 rings (SSSR count). The van der Waals surface area contributed by atoms with Gasteiger partial charge in [-0.1, -0.05) is 18.5 Å². The molecule has 0 aliphatic heterocycles. The highest BCUT2D eigenvalue weighted by atomic mass is 35.5. The molecule has 0 unspecified atom stereocenters. The SMILES string of the molecule is CCc1cc(C(=O)Nc2cc(C)cc(C)n2)cc(Cl)n1. The highest BCUT2D eigenvalue weighted by Gasteiger charge is 2.10. The molecule has 0 bridgehead atoms. The predicted molar refractivity (Wildman–Crippen MR) is 80.3 cm³/mol. The summed E-state index contributed by atoms with van der Waals surface area (Å²) in [7, 11) is 0. The van der Waals surface area contributed by atoms with Gasteiger partial charge >= 0.3 is 0 Å². The first-order valence-electron chi connectivity index (χ1n) is 6.41. The number of hydrogen-bond acceptors (Lipinski definition) is 3. The number of rotatable bonds is 3. The molecule has 0 spiro atoms. The largest absolute Gasteiger partial charge is 0.307 e. The molecule has 5 heteroatoms. The van der Waals surface area contributed by atoms with E-state index in [1.54, 1.807) is 12.1 Å². The van der Waals surface area contributed by atoms with Gasteiger partial charge in [-0.3, -0.25) is 4.79 Å². The van der Waals surface area contributed by atoms with Gasteiger partial charge in [0.15, 0.2) is 0 Å². The zero-order valence-corrected chi connectivity index (χ0v) is 12.5. The number of carbonyl (C=O) groups is 1. The monoisotopic (exact) mass is 289 g/mol. The van der Waals surface area contributed by atoms with E-state index in [1.165, 1.54) is 0 Å². The molecule has 0 aliphatic carbocycles. The van der Waals surface area contributed by atoms with Crippen LogP contribution in [0.4, 0.5) is 5.82 Å². The highest BCUT2D eigenvalue weighted by molar-refractivity contribution is 6.29. The van der Waals surface area contributed by atoms with Crippen LogP contribution in [0.2, 0.25) is 5.15 Å². The zero-order chi connectivity index (χ0) is 14.7. The van der Waals surface area contributed by atoms with E-state index in [1.807, 2.05) is 32.9 Å². The van der Waals surface area contributed by atoms with E-state index < -0.39 is 0 Å². The van der Waals surface area contributed by atoms with Gasteiger partial charge in [0, 0.05) is 17.0 Å². The quantitative estimate of drug-likeness (QED) is 0.879. The summed E-state index contributed by atoms with van der Waals surface area (Å²) < 4.78 is 0. The summed E-state index contributed by atoms with van der Waals surface area (Å²) in [5, 5.41) is 3.10. The van der Waals surface area contributed by atoms with Crippen LogP contribution in [0.1, 0.15) is 34.2 Å². The number of amides is 1. The number of aryl methyl sites for hydroxylation is 3. The second kappa shape index (κ2) is 6.01. The van der Waals surface area contributed by atoms with Gasteiger partial charge < -0.3 is 5.32 Å². The van der Waals surface area contributed by atoms with Crippen LogP contribution in [0.25, 0.3) is 0 Å². The molecule has 1 amide bonds. The number of aromatic nitrogens is 2. The van der Waals surface area contributed by atoms with Gasteiger partial charge in [-0.15, -0.1) is 0 Å². The maximum Gasteiger partial charge on any atom is 0.256 e. The van der Waals surface area contributed by atoms with Crippen LogP contribution in [0.5, 0.6) is 0 Å². The van der Waals surface area contributed by atoms with E-state index >= 15 is 0 Å². The van der Waals surface area contributed by atoms with Crippen molar-refractivity contribution in [2.75, 3.05) is 5.32 Å². The minimum Gasteiger partial charge on any atom is -0.307 e. The van der Waals surface area contributed by atoms with Crippen LogP contribution in [0.3, 0.4) is 0 Å². The van der Waals surface area contributed by atoms with Crippen LogP contribution >= 0.6 is 11.6 Å². The third-order valence-electron chi connectivity index (χ3n) is 2.81. The minimum absolute atomic E-state index is 0.235. The van der Waals surface area contributed by atoms with E-state index in [4.69, 9.17) is 11.6 Å². The molecular formula is C15H16ClN3O. The molecule has 0 aromatic carbocycles. The lowest BCUT2D eigenvalue weighted by atomic mass is 10.2. The van der Waals surface area contributed by atoms with E-state index in [2.05, 4.69) is 15.3 Å². The van der Waals surface area contributed by atoms with E-state index in [-0.39, 0.29) is 5.91 Å². The molecule has 2 aromatic rings. The third-order valence-corrected chi connectivity index (χ3v) is 3.00. The second-order valence-electron chi connectivity index (χ2n) is 4.65. The average Bonchev–Trinajstić information content (AvgIpc) is 2.36. The standard InChI is InChI=1S/C15H16ClN3O/c1-4-12-7-11(8-13(16)18-12)15(20)19-14-6-9(2)5-10(3)17-14/h5-8H,4H2,1-3H3,(H,17,19,20). The number of anilines is 1. The fourth-order valence-electron chi connectivity index (χ4n) is 1.96. The van der Waals surface area contributed by atoms with Crippen molar-refractivity contribution in [3.05, 3.63) is 51.9 Å². The second-order valence-corrected chi connectivity index (χ2v) is 5.04. The Morgan fingerprint density at radius 1 is 1.20 bits per heavy atom. The lowest BCUT2D eigenvalue weighted by Gasteiger charge is -2.08. The first-order valence-corrected chi connectivity index (χ1v) is 6.79. The van der Waals surface area contributed by atoms with Gasteiger partial charge in [0.2, 0.25) is 0 Å². The van der Waals surface area contributed by atoms with Gasteiger partial charge in [0.05, 0.1) is 0 Å². The van der Waals surface area contributed by atoms with E-state index in [0.29, 0.717) is 16.5 Å². The summed E-state index contributed by atoms with van der Waals surface area (Å²) in [6, 6.07) is 7.07. The molecule has 1 N–H and O–H groups in total. The Kier molecular flexibility index (Phi) is 4.35. The van der Waals surface area contributed by atoms with Crippen LogP contribution in [-0.2, 0) is 6.42 Å². The van der Waals surface area contributed by atoms with Crippen molar-refractivity contribution < 1.29 is 4.79 Å². The Labute approximate surface area is 123 Å². The summed E-state index contributed by atoms with van der Waals surface area (Å²) in [5.74, 6) is 0.306. The Morgan fingerprint density at radius 3 is 2.60 bits per heavy atom. The molecule has 0 radical (unpaired) electrons. The number of carbonyl (C=O) groups excluding carboxylic acids is 1. The van der Waals surface area contributed by atoms with Crippen molar-refractivity contribution in [3.8, 4) is 0 Å². The van der Waals surface area contributed by atoms with E-state index in [0.717, 1.165) is 23.4 Å². The number of nitrogens with one attached hydrogen (secondary N) is 1. The molecule has 0 aliphatic rings. The number of halogens is 1. The molecule has 2 heterocycles. The highest BCUT2D eigenvalue weighted by Crippen LogP contribution is 2.14. The maximum atomic E-state index is 12.2. The lowest BCUT2D eigenvalue weighted by molar-refractivity contribution is 0.102. The van der Waals surface area contributed by atoms with Crippen molar-refractivity contribution in [2.24, 2.45) is 0 Å².